The summed E-state index contributed by atoms with van der Waals surface area (Å²) in [5.41, 5.74) is 0.412. The van der Waals surface area contributed by atoms with Gasteiger partial charge in [-0.1, -0.05) is 0 Å². The van der Waals surface area contributed by atoms with Gasteiger partial charge in [-0.25, -0.2) is 4.68 Å². The highest BCUT2D eigenvalue weighted by atomic mass is 32.1. The molecule has 5 nitrogen and oxygen atoms in total. The minimum atomic E-state index is -4.42. The summed E-state index contributed by atoms with van der Waals surface area (Å²) >= 11 is 1.04. The number of carbonyl (C=O) groups excluding carboxylic acids is 2. The summed E-state index contributed by atoms with van der Waals surface area (Å²) in [4.78, 5) is 26.1. The van der Waals surface area contributed by atoms with Crippen molar-refractivity contribution < 1.29 is 22.8 Å². The zero-order valence-electron chi connectivity index (χ0n) is 12.9. The predicted octanol–water partition coefficient (Wildman–Crippen LogP) is 3.61. The number of fused-ring (bicyclic) bond motifs is 1. The van der Waals surface area contributed by atoms with Crippen molar-refractivity contribution >= 4 is 28.8 Å². The van der Waals surface area contributed by atoms with Gasteiger partial charge in [0.2, 0.25) is 0 Å². The Morgan fingerprint density at radius 1 is 1.29 bits per heavy atom. The van der Waals surface area contributed by atoms with Crippen molar-refractivity contribution in [3.63, 3.8) is 0 Å². The van der Waals surface area contributed by atoms with Crippen molar-refractivity contribution in [3.8, 4) is 0 Å². The minimum Gasteiger partial charge on any atom is -0.294 e. The molecule has 1 unspecified atom stereocenters. The summed E-state index contributed by atoms with van der Waals surface area (Å²) in [5.74, 6) is -0.450. The lowest BCUT2D eigenvalue weighted by atomic mass is 10.1. The topological polar surface area (TPSA) is 55.2 Å². The fourth-order valence-corrected chi connectivity index (χ4v) is 3.56. The Morgan fingerprint density at radius 3 is 2.54 bits per heavy atom. The monoisotopic (exact) mass is 357 g/mol. The summed E-state index contributed by atoms with van der Waals surface area (Å²) in [6.45, 7) is 2.93. The van der Waals surface area contributed by atoms with Gasteiger partial charge in [-0.05, 0) is 32.4 Å². The lowest BCUT2D eigenvalue weighted by molar-refractivity contribution is -0.172. The average Bonchev–Trinajstić information content (AvgIpc) is 3.09. The van der Waals surface area contributed by atoms with Gasteiger partial charge < -0.3 is 0 Å². The molecule has 128 valence electrons. The molecular formula is C15H14F3N3O2S. The van der Waals surface area contributed by atoms with Gasteiger partial charge in [0.05, 0.1) is 15.4 Å². The number of halogens is 3. The largest absolute Gasteiger partial charge is 0.410 e. The standard InChI is InChI=1S/C15H14F3N3O2S/c1-8-7-13-20(6-5-12(15(16,17)18)21(13)19-8)14(23)11-4-3-10(24-11)9(2)22/h3-4,7,12H,5-6H2,1-2H3. The number of alkyl halides is 3. The number of amides is 1. The highest BCUT2D eigenvalue weighted by Crippen LogP contribution is 2.40. The van der Waals surface area contributed by atoms with Crippen LogP contribution in [0.3, 0.4) is 0 Å². The third-order valence-corrected chi connectivity index (χ3v) is 5.00. The van der Waals surface area contributed by atoms with Gasteiger partial charge in [-0.2, -0.15) is 18.3 Å². The molecule has 3 heterocycles. The van der Waals surface area contributed by atoms with E-state index in [2.05, 4.69) is 5.10 Å². The van der Waals surface area contributed by atoms with Crippen LogP contribution in [-0.4, -0.2) is 34.2 Å². The summed E-state index contributed by atoms with van der Waals surface area (Å²) in [6, 6.07) is 2.80. The second kappa shape index (κ2) is 5.73. The van der Waals surface area contributed by atoms with Gasteiger partial charge in [0.25, 0.3) is 5.91 Å². The predicted molar refractivity (Wildman–Crippen MR) is 82.7 cm³/mol. The first-order valence-electron chi connectivity index (χ1n) is 7.24. The molecule has 0 N–H and O–H groups in total. The Labute approximate surface area is 139 Å². The van der Waals surface area contributed by atoms with Gasteiger partial charge in [0, 0.05) is 12.6 Å². The van der Waals surface area contributed by atoms with Crippen molar-refractivity contribution in [2.45, 2.75) is 32.5 Å². The first kappa shape index (κ1) is 16.7. The molecule has 0 bridgehead atoms. The highest BCUT2D eigenvalue weighted by molar-refractivity contribution is 7.16. The van der Waals surface area contributed by atoms with Crippen LogP contribution >= 0.6 is 11.3 Å². The molecule has 0 aromatic carbocycles. The van der Waals surface area contributed by atoms with Gasteiger partial charge >= 0.3 is 6.18 Å². The third kappa shape index (κ3) is 2.83. The lowest BCUT2D eigenvalue weighted by Crippen LogP contribution is -2.42. The van der Waals surface area contributed by atoms with E-state index >= 15 is 0 Å². The SMILES string of the molecule is CC(=O)c1ccc(C(=O)N2CCC(C(F)(F)F)n3nc(C)cc32)s1. The van der Waals surface area contributed by atoms with Crippen molar-refractivity contribution in [1.82, 2.24) is 9.78 Å². The van der Waals surface area contributed by atoms with E-state index in [9.17, 15) is 22.8 Å². The number of hydrogen-bond donors (Lipinski definition) is 0. The Morgan fingerprint density at radius 2 is 1.96 bits per heavy atom. The summed E-state index contributed by atoms with van der Waals surface area (Å²) in [7, 11) is 0. The van der Waals surface area contributed by atoms with Crippen LogP contribution in [0.5, 0.6) is 0 Å². The fourth-order valence-electron chi connectivity index (χ4n) is 2.71. The Kier molecular flexibility index (Phi) is 3.98. The second-order valence-corrected chi connectivity index (χ2v) is 6.70. The highest BCUT2D eigenvalue weighted by Gasteiger charge is 2.46. The average molecular weight is 357 g/mol. The maximum atomic E-state index is 13.2. The van der Waals surface area contributed by atoms with Crippen LogP contribution in [0.4, 0.5) is 19.0 Å². The molecule has 0 radical (unpaired) electrons. The van der Waals surface area contributed by atoms with Crippen molar-refractivity contribution in [3.05, 3.63) is 33.6 Å². The fraction of sp³-hybridized carbons (Fsp3) is 0.400. The van der Waals surface area contributed by atoms with Crippen LogP contribution in [0.2, 0.25) is 0 Å². The van der Waals surface area contributed by atoms with E-state index in [-0.39, 0.29) is 24.6 Å². The van der Waals surface area contributed by atoms with E-state index in [1.165, 1.54) is 24.0 Å². The molecule has 2 aromatic rings. The molecule has 1 atom stereocenters. The molecule has 24 heavy (non-hydrogen) atoms. The number of aromatic nitrogens is 2. The van der Waals surface area contributed by atoms with Crippen LogP contribution in [0.15, 0.2) is 18.2 Å². The number of carbonyl (C=O) groups is 2. The van der Waals surface area contributed by atoms with Gasteiger partial charge in [-0.15, -0.1) is 11.3 Å². The first-order valence-corrected chi connectivity index (χ1v) is 8.05. The molecule has 1 amide bonds. The summed E-state index contributed by atoms with van der Waals surface area (Å²) in [6.07, 6.45) is -4.68. The molecule has 1 aliphatic heterocycles. The molecule has 9 heteroatoms. The van der Waals surface area contributed by atoms with E-state index in [1.54, 1.807) is 13.0 Å². The number of aryl methyl sites for hydroxylation is 1. The van der Waals surface area contributed by atoms with Crippen LogP contribution in [0, 0.1) is 6.92 Å². The minimum absolute atomic E-state index is 0.0541. The number of nitrogens with zero attached hydrogens (tertiary/aromatic N) is 3. The lowest BCUT2D eigenvalue weighted by Gasteiger charge is -2.33. The second-order valence-electron chi connectivity index (χ2n) is 5.61. The maximum Gasteiger partial charge on any atom is 0.410 e. The van der Waals surface area contributed by atoms with E-state index in [4.69, 9.17) is 0 Å². The Hall–Kier alpha value is -2.16. The molecule has 3 rings (SSSR count). The molecule has 0 saturated heterocycles. The quantitative estimate of drug-likeness (QED) is 0.772. The Balaban J connectivity index is 1.96. The van der Waals surface area contributed by atoms with Crippen LogP contribution in [0.25, 0.3) is 0 Å². The molecule has 0 fully saturated rings. The van der Waals surface area contributed by atoms with Crippen LogP contribution in [0.1, 0.15) is 44.4 Å². The van der Waals surface area contributed by atoms with Crippen molar-refractivity contribution in [1.29, 1.82) is 0 Å². The van der Waals surface area contributed by atoms with E-state index in [1.807, 2.05) is 0 Å². The molecule has 2 aromatic heterocycles. The molecule has 1 aliphatic rings. The van der Waals surface area contributed by atoms with Crippen LogP contribution < -0.4 is 4.90 Å². The number of ketones is 1. The number of rotatable bonds is 2. The molecule has 0 saturated carbocycles. The van der Waals surface area contributed by atoms with Gasteiger partial charge in [-0.3, -0.25) is 14.5 Å². The zero-order chi connectivity index (χ0) is 17.6. The Bertz CT molecular complexity index is 809. The molecule has 0 spiro atoms. The van der Waals surface area contributed by atoms with Gasteiger partial charge in [0.15, 0.2) is 11.8 Å². The van der Waals surface area contributed by atoms with Crippen molar-refractivity contribution in [2.75, 3.05) is 11.4 Å². The van der Waals surface area contributed by atoms with Gasteiger partial charge in [0.1, 0.15) is 5.82 Å². The zero-order valence-corrected chi connectivity index (χ0v) is 13.7. The normalized spacial score (nSPS) is 17.7. The van der Waals surface area contributed by atoms with Crippen molar-refractivity contribution in [2.24, 2.45) is 0 Å². The summed E-state index contributed by atoms with van der Waals surface area (Å²) < 4.78 is 40.4. The first-order chi connectivity index (χ1) is 11.2. The van der Waals surface area contributed by atoms with E-state index < -0.39 is 18.1 Å². The van der Waals surface area contributed by atoms with E-state index in [0.29, 0.717) is 15.4 Å². The molecular weight excluding hydrogens is 343 g/mol. The van der Waals surface area contributed by atoms with E-state index in [0.717, 1.165) is 16.0 Å². The smallest absolute Gasteiger partial charge is 0.294 e. The molecule has 0 aliphatic carbocycles. The number of hydrogen-bond acceptors (Lipinski definition) is 4. The summed E-state index contributed by atoms with van der Waals surface area (Å²) in [5, 5.41) is 3.91. The number of thiophene rings is 1. The maximum absolute atomic E-state index is 13.2. The third-order valence-electron chi connectivity index (χ3n) is 3.82. The number of Topliss-reactive ketones (excluding diaryl/α,β-unsaturated/α-hetero) is 1. The number of anilines is 1. The van der Waals surface area contributed by atoms with Crippen LogP contribution in [-0.2, 0) is 0 Å².